The van der Waals surface area contributed by atoms with E-state index in [0.29, 0.717) is 12.1 Å². The van der Waals surface area contributed by atoms with Crippen molar-refractivity contribution in [1.82, 2.24) is 5.32 Å². The molecule has 0 aliphatic heterocycles. The summed E-state index contributed by atoms with van der Waals surface area (Å²) < 4.78 is 0.874. The van der Waals surface area contributed by atoms with E-state index in [1.165, 1.54) is 41.9 Å². The fourth-order valence-corrected chi connectivity index (χ4v) is 5.29. The normalized spacial score (nSPS) is 19.5. The Kier molecular flexibility index (Phi) is 5.38. The highest BCUT2D eigenvalue weighted by molar-refractivity contribution is 7.16. The molecular formula is C17H22ClNS2. The van der Waals surface area contributed by atoms with Gasteiger partial charge in [-0.2, -0.15) is 0 Å². The second kappa shape index (κ2) is 7.28. The molecule has 114 valence electrons. The molecule has 0 aromatic carbocycles. The van der Waals surface area contributed by atoms with Crippen LogP contribution in [-0.2, 0) is 0 Å². The Morgan fingerprint density at radius 2 is 1.95 bits per heavy atom. The van der Waals surface area contributed by atoms with Gasteiger partial charge in [-0.15, -0.1) is 22.7 Å². The predicted octanol–water partition coefficient (Wildman–Crippen LogP) is 6.11. The first-order chi connectivity index (χ1) is 10.2. The van der Waals surface area contributed by atoms with Crippen LogP contribution < -0.4 is 5.32 Å². The fraction of sp³-hybridized carbons (Fsp3) is 0.529. The molecule has 2 aromatic heterocycles. The quantitative estimate of drug-likeness (QED) is 0.692. The van der Waals surface area contributed by atoms with Crippen LogP contribution in [0.1, 0.15) is 54.8 Å². The fourth-order valence-electron chi connectivity index (χ4n) is 3.28. The maximum absolute atomic E-state index is 6.15. The van der Waals surface area contributed by atoms with Crippen molar-refractivity contribution in [3.63, 3.8) is 0 Å². The molecule has 1 fully saturated rings. The number of rotatable bonds is 5. The van der Waals surface area contributed by atoms with Gasteiger partial charge >= 0.3 is 0 Å². The first kappa shape index (κ1) is 15.5. The molecule has 1 N–H and O–H groups in total. The molecule has 4 heteroatoms. The molecule has 1 aliphatic rings. The molecule has 1 saturated carbocycles. The third-order valence-corrected chi connectivity index (χ3v) is 6.73. The molecule has 0 bridgehead atoms. The minimum atomic E-state index is 0.291. The molecule has 0 radical (unpaired) electrons. The molecule has 2 aromatic rings. The summed E-state index contributed by atoms with van der Waals surface area (Å²) in [4.78, 5) is 2.71. The summed E-state index contributed by atoms with van der Waals surface area (Å²) in [6.07, 6.45) is 6.95. The highest BCUT2D eigenvalue weighted by atomic mass is 35.5. The van der Waals surface area contributed by atoms with E-state index in [9.17, 15) is 0 Å². The highest BCUT2D eigenvalue weighted by Crippen LogP contribution is 2.35. The number of thiophene rings is 2. The molecule has 3 rings (SSSR count). The average molecular weight is 340 g/mol. The van der Waals surface area contributed by atoms with E-state index in [4.69, 9.17) is 11.6 Å². The third kappa shape index (κ3) is 3.89. The zero-order chi connectivity index (χ0) is 14.7. The van der Waals surface area contributed by atoms with Crippen LogP contribution in [0.5, 0.6) is 0 Å². The van der Waals surface area contributed by atoms with Gasteiger partial charge in [-0.25, -0.2) is 0 Å². The van der Waals surface area contributed by atoms with Gasteiger partial charge in [-0.05, 0) is 49.3 Å². The lowest BCUT2D eigenvalue weighted by Gasteiger charge is -2.31. The van der Waals surface area contributed by atoms with Gasteiger partial charge in [0.1, 0.15) is 0 Å². The Morgan fingerprint density at radius 1 is 1.14 bits per heavy atom. The zero-order valence-electron chi connectivity index (χ0n) is 12.3. The van der Waals surface area contributed by atoms with Crippen molar-refractivity contribution < 1.29 is 0 Å². The standard InChI is InChI=1S/C17H22ClNS2/c1-12(13-6-3-2-4-7-13)19-17(14-8-5-11-20-14)15-9-10-16(18)21-15/h5,8-13,17,19H,2-4,6-7H2,1H3/t12-,17?/m1/s1. The SMILES string of the molecule is C[C@@H](NC(c1cccs1)c1ccc(Cl)s1)C1CCCCC1. The molecule has 1 nitrogen and oxygen atoms in total. The van der Waals surface area contributed by atoms with Crippen molar-refractivity contribution in [2.24, 2.45) is 5.92 Å². The third-order valence-electron chi connectivity index (χ3n) is 4.49. The van der Waals surface area contributed by atoms with Crippen LogP contribution in [0, 0.1) is 5.92 Å². The summed E-state index contributed by atoms with van der Waals surface area (Å²) in [5.41, 5.74) is 0. The molecule has 1 aliphatic carbocycles. The first-order valence-corrected chi connectivity index (χ1v) is 9.86. The van der Waals surface area contributed by atoms with Crippen LogP contribution in [0.15, 0.2) is 29.6 Å². The molecule has 0 saturated heterocycles. The summed E-state index contributed by atoms with van der Waals surface area (Å²) in [5, 5.41) is 6.04. The van der Waals surface area contributed by atoms with Crippen LogP contribution >= 0.6 is 34.3 Å². The smallest absolute Gasteiger partial charge is 0.0931 e. The average Bonchev–Trinajstić information content (AvgIpc) is 3.17. The Morgan fingerprint density at radius 3 is 2.57 bits per heavy atom. The maximum Gasteiger partial charge on any atom is 0.0931 e. The Balaban J connectivity index is 1.76. The monoisotopic (exact) mass is 339 g/mol. The van der Waals surface area contributed by atoms with Gasteiger partial charge in [-0.3, -0.25) is 0 Å². The van der Waals surface area contributed by atoms with Crippen molar-refractivity contribution >= 4 is 34.3 Å². The molecule has 2 atom stereocenters. The maximum atomic E-state index is 6.15. The highest BCUT2D eigenvalue weighted by Gasteiger charge is 2.25. The second-order valence-electron chi connectivity index (χ2n) is 5.94. The van der Waals surface area contributed by atoms with E-state index in [0.717, 1.165) is 10.3 Å². The number of halogens is 1. The molecule has 1 unspecified atom stereocenters. The van der Waals surface area contributed by atoms with E-state index in [1.807, 2.05) is 17.4 Å². The second-order valence-corrected chi connectivity index (χ2v) is 8.67. The van der Waals surface area contributed by atoms with Gasteiger partial charge in [0.05, 0.1) is 10.4 Å². The van der Waals surface area contributed by atoms with E-state index in [-0.39, 0.29) is 0 Å². The lowest BCUT2D eigenvalue weighted by atomic mass is 9.84. The van der Waals surface area contributed by atoms with Gasteiger partial charge in [0, 0.05) is 15.8 Å². The minimum absolute atomic E-state index is 0.291. The summed E-state index contributed by atoms with van der Waals surface area (Å²) in [7, 11) is 0. The van der Waals surface area contributed by atoms with Crippen molar-refractivity contribution in [1.29, 1.82) is 0 Å². The summed E-state index contributed by atoms with van der Waals surface area (Å²) in [6, 6.07) is 9.38. The number of hydrogen-bond donors (Lipinski definition) is 1. The first-order valence-electron chi connectivity index (χ1n) is 7.78. The molecule has 2 heterocycles. The minimum Gasteiger partial charge on any atom is -0.302 e. The van der Waals surface area contributed by atoms with Crippen LogP contribution in [0.4, 0.5) is 0 Å². The molecule has 0 spiro atoms. The van der Waals surface area contributed by atoms with E-state index < -0.39 is 0 Å². The van der Waals surface area contributed by atoms with Crippen molar-refractivity contribution in [2.45, 2.75) is 51.1 Å². The Bertz CT molecular complexity index is 543. The van der Waals surface area contributed by atoms with Crippen molar-refractivity contribution in [2.75, 3.05) is 0 Å². The Labute approximate surface area is 140 Å². The van der Waals surface area contributed by atoms with Gasteiger partial charge in [-0.1, -0.05) is 36.9 Å². The summed E-state index contributed by atoms with van der Waals surface area (Å²) in [5.74, 6) is 0.816. The van der Waals surface area contributed by atoms with Crippen LogP contribution in [0.2, 0.25) is 4.34 Å². The van der Waals surface area contributed by atoms with E-state index in [1.54, 1.807) is 11.3 Å². The topological polar surface area (TPSA) is 12.0 Å². The van der Waals surface area contributed by atoms with E-state index >= 15 is 0 Å². The van der Waals surface area contributed by atoms with Gasteiger partial charge in [0.15, 0.2) is 0 Å². The predicted molar refractivity (Wildman–Crippen MR) is 94.7 cm³/mol. The molecule has 0 amide bonds. The zero-order valence-corrected chi connectivity index (χ0v) is 14.7. The van der Waals surface area contributed by atoms with Crippen molar-refractivity contribution in [3.05, 3.63) is 43.7 Å². The van der Waals surface area contributed by atoms with Crippen LogP contribution in [0.25, 0.3) is 0 Å². The lowest BCUT2D eigenvalue weighted by Crippen LogP contribution is -2.37. The van der Waals surface area contributed by atoms with Gasteiger partial charge < -0.3 is 5.32 Å². The molecular weight excluding hydrogens is 318 g/mol. The summed E-state index contributed by atoms with van der Waals surface area (Å²) in [6.45, 7) is 2.35. The van der Waals surface area contributed by atoms with Crippen molar-refractivity contribution in [3.8, 4) is 0 Å². The number of nitrogens with one attached hydrogen (secondary N) is 1. The van der Waals surface area contributed by atoms with Crippen LogP contribution in [0.3, 0.4) is 0 Å². The summed E-state index contributed by atoms with van der Waals surface area (Å²) >= 11 is 9.66. The number of hydrogen-bond acceptors (Lipinski definition) is 3. The Hall–Kier alpha value is -0.350. The van der Waals surface area contributed by atoms with Gasteiger partial charge in [0.2, 0.25) is 0 Å². The van der Waals surface area contributed by atoms with Gasteiger partial charge in [0.25, 0.3) is 0 Å². The van der Waals surface area contributed by atoms with Crippen LogP contribution in [-0.4, -0.2) is 6.04 Å². The van der Waals surface area contributed by atoms with E-state index in [2.05, 4.69) is 35.8 Å². The largest absolute Gasteiger partial charge is 0.302 e. The molecule has 21 heavy (non-hydrogen) atoms. The lowest BCUT2D eigenvalue weighted by molar-refractivity contribution is 0.273.